The van der Waals surface area contributed by atoms with Crippen LogP contribution in [0.4, 0.5) is 0 Å². The summed E-state index contributed by atoms with van der Waals surface area (Å²) in [6, 6.07) is 5.59. The molecule has 0 radical (unpaired) electrons. The maximum Gasteiger partial charge on any atom is 0.243 e. The topological polar surface area (TPSA) is 72.6 Å². The van der Waals surface area contributed by atoms with Crippen molar-refractivity contribution < 1.29 is 4.92 Å². The highest BCUT2D eigenvalue weighted by Crippen LogP contribution is 2.33. The van der Waals surface area contributed by atoms with Crippen LogP contribution in [-0.2, 0) is 6.42 Å². The third-order valence-electron chi connectivity index (χ3n) is 2.83. The summed E-state index contributed by atoms with van der Waals surface area (Å²) in [6.45, 7) is 0. The fourth-order valence-electron chi connectivity index (χ4n) is 2.07. The predicted octanol–water partition coefficient (Wildman–Crippen LogP) is 2.09. The second-order valence-electron chi connectivity index (χ2n) is 3.64. The van der Waals surface area contributed by atoms with Gasteiger partial charge in [0.25, 0.3) is 0 Å². The van der Waals surface area contributed by atoms with Gasteiger partial charge >= 0.3 is 0 Å². The normalized spacial score (nSPS) is 24.3. The van der Waals surface area contributed by atoms with Gasteiger partial charge in [-0.25, -0.2) is 0 Å². The van der Waals surface area contributed by atoms with E-state index in [2.05, 4.69) is 5.18 Å². The highest BCUT2D eigenvalue weighted by molar-refractivity contribution is 5.33. The van der Waals surface area contributed by atoms with Gasteiger partial charge in [-0.2, -0.15) is 0 Å². The average Bonchev–Trinajstić information content (AvgIpc) is 2.27. The summed E-state index contributed by atoms with van der Waals surface area (Å²) >= 11 is 0. The molecule has 2 atom stereocenters. The van der Waals surface area contributed by atoms with E-state index in [1.807, 2.05) is 12.1 Å². The van der Waals surface area contributed by atoms with Gasteiger partial charge in [-0.3, -0.25) is 10.1 Å². The maximum absolute atomic E-state index is 10.7. The minimum atomic E-state index is -0.864. The first-order valence-electron chi connectivity index (χ1n) is 4.78. The van der Waals surface area contributed by atoms with Crippen LogP contribution in [0, 0.1) is 15.0 Å². The quantitative estimate of drug-likeness (QED) is 0.422. The van der Waals surface area contributed by atoms with Crippen LogP contribution >= 0.6 is 0 Å². The molecule has 0 saturated heterocycles. The van der Waals surface area contributed by atoms with E-state index in [0.717, 1.165) is 5.56 Å². The molecule has 0 aromatic heterocycles. The second kappa shape index (κ2) is 3.76. The Bertz CT molecular complexity index is 405. The van der Waals surface area contributed by atoms with E-state index in [1.54, 1.807) is 12.1 Å². The van der Waals surface area contributed by atoms with Crippen LogP contribution in [-0.4, -0.2) is 11.0 Å². The van der Waals surface area contributed by atoms with E-state index in [0.29, 0.717) is 18.4 Å². The number of hydrogen-bond donors (Lipinski definition) is 0. The van der Waals surface area contributed by atoms with Gasteiger partial charge in [-0.1, -0.05) is 29.4 Å². The first kappa shape index (κ1) is 9.76. The first-order valence-corrected chi connectivity index (χ1v) is 4.78. The van der Waals surface area contributed by atoms with E-state index in [4.69, 9.17) is 0 Å². The fraction of sp³-hybridized carbons (Fsp3) is 0.400. The molecule has 2 rings (SSSR count). The number of rotatable bonds is 2. The third kappa shape index (κ3) is 1.60. The zero-order valence-corrected chi connectivity index (χ0v) is 8.00. The van der Waals surface area contributed by atoms with Crippen molar-refractivity contribution in [2.75, 3.05) is 0 Å². The third-order valence-corrected chi connectivity index (χ3v) is 2.83. The number of nitroso groups, excluding NO2 is 1. The molecule has 5 heteroatoms. The smallest absolute Gasteiger partial charge is 0.243 e. The average molecular weight is 206 g/mol. The lowest BCUT2D eigenvalue weighted by molar-refractivity contribution is -0.528. The Morgan fingerprint density at radius 1 is 1.40 bits per heavy atom. The SMILES string of the molecule is O=NC1c2ccccc2CCC1[N+](=O)[O-]. The number of nitrogens with zero attached hydrogens (tertiary/aromatic N) is 2. The molecule has 0 fully saturated rings. The molecule has 5 nitrogen and oxygen atoms in total. The van der Waals surface area contributed by atoms with E-state index in [9.17, 15) is 15.0 Å². The first-order chi connectivity index (χ1) is 7.24. The summed E-state index contributed by atoms with van der Waals surface area (Å²) < 4.78 is 0. The number of aryl methyl sites for hydroxylation is 1. The molecule has 1 aromatic carbocycles. The van der Waals surface area contributed by atoms with Gasteiger partial charge in [-0.05, 0) is 17.5 Å². The van der Waals surface area contributed by atoms with Gasteiger partial charge in [0.1, 0.15) is 0 Å². The monoisotopic (exact) mass is 206 g/mol. The van der Waals surface area contributed by atoms with Gasteiger partial charge in [0.05, 0.1) is 0 Å². The summed E-state index contributed by atoms with van der Waals surface area (Å²) in [4.78, 5) is 21.0. The van der Waals surface area contributed by atoms with Crippen molar-refractivity contribution in [2.45, 2.75) is 24.9 Å². The van der Waals surface area contributed by atoms with Crippen molar-refractivity contribution in [1.82, 2.24) is 0 Å². The standard InChI is InChI=1S/C10H10N2O3/c13-11-10-8-4-2-1-3-7(8)5-6-9(10)12(14)15/h1-4,9-10H,5-6H2. The highest BCUT2D eigenvalue weighted by Gasteiger charge is 2.38. The van der Waals surface area contributed by atoms with E-state index in [-0.39, 0.29) is 0 Å². The lowest BCUT2D eigenvalue weighted by Crippen LogP contribution is -2.31. The van der Waals surface area contributed by atoms with Crippen molar-refractivity contribution in [2.24, 2.45) is 5.18 Å². The van der Waals surface area contributed by atoms with Gasteiger partial charge in [-0.15, -0.1) is 4.91 Å². The minimum Gasteiger partial charge on any atom is -0.264 e. The molecule has 1 aromatic rings. The number of nitro groups is 1. The lowest BCUT2D eigenvalue weighted by Gasteiger charge is -2.22. The van der Waals surface area contributed by atoms with Gasteiger partial charge in [0, 0.05) is 11.3 Å². The summed E-state index contributed by atoms with van der Waals surface area (Å²) in [6.07, 6.45) is 1.04. The Balaban J connectivity index is 2.43. The van der Waals surface area contributed by atoms with Crippen LogP contribution in [0.5, 0.6) is 0 Å². The molecule has 1 aliphatic carbocycles. The molecular weight excluding hydrogens is 196 g/mol. The summed E-state index contributed by atoms with van der Waals surface area (Å²) in [5.41, 5.74) is 1.71. The van der Waals surface area contributed by atoms with Crippen LogP contribution in [0.1, 0.15) is 23.6 Å². The molecule has 0 heterocycles. The van der Waals surface area contributed by atoms with Gasteiger partial charge < -0.3 is 0 Å². The van der Waals surface area contributed by atoms with Crippen molar-refractivity contribution in [3.63, 3.8) is 0 Å². The fourth-order valence-corrected chi connectivity index (χ4v) is 2.07. The molecule has 0 amide bonds. The molecule has 78 valence electrons. The molecule has 0 aliphatic heterocycles. The Morgan fingerprint density at radius 2 is 2.13 bits per heavy atom. The Morgan fingerprint density at radius 3 is 2.80 bits per heavy atom. The van der Waals surface area contributed by atoms with E-state index >= 15 is 0 Å². The van der Waals surface area contributed by atoms with Gasteiger partial charge in [0.2, 0.25) is 6.04 Å². The minimum absolute atomic E-state index is 0.389. The molecular formula is C10H10N2O3. The van der Waals surface area contributed by atoms with Crippen molar-refractivity contribution in [3.05, 3.63) is 50.4 Å². The molecule has 0 spiro atoms. The highest BCUT2D eigenvalue weighted by atomic mass is 16.6. The Labute approximate surface area is 86.2 Å². The van der Waals surface area contributed by atoms with Crippen LogP contribution in [0.2, 0.25) is 0 Å². The zero-order valence-electron chi connectivity index (χ0n) is 8.00. The molecule has 1 aliphatic rings. The summed E-state index contributed by atoms with van der Waals surface area (Å²) in [5, 5.41) is 13.6. The predicted molar refractivity (Wildman–Crippen MR) is 54.1 cm³/mol. The van der Waals surface area contributed by atoms with Crippen LogP contribution in [0.15, 0.2) is 29.4 Å². The van der Waals surface area contributed by atoms with Crippen molar-refractivity contribution in [1.29, 1.82) is 0 Å². The van der Waals surface area contributed by atoms with Crippen LogP contribution in [0.25, 0.3) is 0 Å². The van der Waals surface area contributed by atoms with Crippen LogP contribution in [0.3, 0.4) is 0 Å². The second-order valence-corrected chi connectivity index (χ2v) is 3.64. The Kier molecular flexibility index (Phi) is 2.45. The lowest BCUT2D eigenvalue weighted by atomic mass is 9.85. The summed E-state index contributed by atoms with van der Waals surface area (Å²) in [5.74, 6) is 0. The molecule has 0 N–H and O–H groups in total. The Hall–Kier alpha value is -1.78. The maximum atomic E-state index is 10.7. The molecule has 15 heavy (non-hydrogen) atoms. The van der Waals surface area contributed by atoms with Crippen molar-refractivity contribution in [3.8, 4) is 0 Å². The zero-order chi connectivity index (χ0) is 10.8. The number of hydrogen-bond acceptors (Lipinski definition) is 4. The number of benzene rings is 1. The molecule has 0 saturated carbocycles. The largest absolute Gasteiger partial charge is 0.264 e. The molecule has 0 bridgehead atoms. The van der Waals surface area contributed by atoms with Gasteiger partial charge in [0.15, 0.2) is 6.04 Å². The molecule has 2 unspecified atom stereocenters. The number of fused-ring (bicyclic) bond motifs is 1. The summed E-state index contributed by atoms with van der Waals surface area (Å²) in [7, 11) is 0. The van der Waals surface area contributed by atoms with E-state index < -0.39 is 17.0 Å². The van der Waals surface area contributed by atoms with Crippen LogP contribution < -0.4 is 0 Å². The van der Waals surface area contributed by atoms with E-state index in [1.165, 1.54) is 0 Å². The van der Waals surface area contributed by atoms with Crippen molar-refractivity contribution >= 4 is 0 Å².